The zero-order valence-corrected chi connectivity index (χ0v) is 15.6. The maximum atomic E-state index is 12.1. The molecule has 0 aromatic rings. The van der Waals surface area contributed by atoms with Gasteiger partial charge in [0.15, 0.2) is 17.8 Å². The molecule has 0 fully saturated rings. The van der Waals surface area contributed by atoms with E-state index in [0.29, 0.717) is 17.9 Å². The van der Waals surface area contributed by atoms with Crippen molar-refractivity contribution in [1.82, 2.24) is 0 Å². The summed E-state index contributed by atoms with van der Waals surface area (Å²) in [5.41, 5.74) is 0.524. The number of unbranched alkanes of at least 4 members (excludes halogenated alkanes) is 10. The van der Waals surface area contributed by atoms with Crippen LogP contribution in [0.15, 0.2) is 16.8 Å². The molecule has 0 aromatic heterocycles. The molecule has 0 saturated heterocycles. The topological polar surface area (TPSA) is 58.9 Å². The normalized spacial score (nSPS) is 17.2. The predicted molar refractivity (Wildman–Crippen MR) is 99.2 cm³/mol. The van der Waals surface area contributed by atoms with Crippen molar-refractivity contribution in [3.63, 3.8) is 0 Å². The Morgan fingerprint density at radius 1 is 1.04 bits per heavy atom. The van der Waals surface area contributed by atoms with E-state index >= 15 is 0 Å². The Labute approximate surface area is 147 Å². The smallest absolute Gasteiger partial charge is 0.197 e. The van der Waals surface area contributed by atoms with Crippen LogP contribution >= 0.6 is 0 Å². The second-order valence-electron chi connectivity index (χ2n) is 6.71. The molecule has 0 aliphatic carbocycles. The van der Waals surface area contributed by atoms with E-state index in [4.69, 9.17) is 9.84 Å². The van der Waals surface area contributed by atoms with E-state index in [-0.39, 0.29) is 18.6 Å². The fourth-order valence-electron chi connectivity index (χ4n) is 2.97. The highest BCUT2D eigenvalue weighted by molar-refractivity contribution is 6.04. The summed E-state index contributed by atoms with van der Waals surface area (Å²) < 4.78 is 5.44. The maximum absolute atomic E-state index is 12.1. The van der Waals surface area contributed by atoms with Gasteiger partial charge >= 0.3 is 0 Å². The Morgan fingerprint density at radius 3 is 2.12 bits per heavy atom. The lowest BCUT2D eigenvalue weighted by Crippen LogP contribution is -2.21. The van der Waals surface area contributed by atoms with E-state index in [0.717, 1.165) is 12.8 Å². The van der Waals surface area contributed by atoms with Gasteiger partial charge in [-0.3, -0.25) is 4.79 Å². The molecule has 138 valence electrons. The summed E-state index contributed by atoms with van der Waals surface area (Å²) in [5, 5.41) is 9.14. The van der Waals surface area contributed by atoms with Gasteiger partial charge in [-0.2, -0.15) is 0 Å². The molecule has 4 heteroatoms. The van der Waals surface area contributed by atoms with Gasteiger partial charge in [-0.1, -0.05) is 71.1 Å². The molecule has 24 heavy (non-hydrogen) atoms. The highest BCUT2D eigenvalue weighted by atomic mass is 16.5. The average molecular weight is 338 g/mol. The van der Waals surface area contributed by atoms with E-state index < -0.39 is 0 Å². The minimum Gasteiger partial charge on any atom is -0.465 e. The van der Waals surface area contributed by atoms with Crippen molar-refractivity contribution in [2.24, 2.45) is 4.99 Å². The molecule has 1 aliphatic heterocycles. The van der Waals surface area contributed by atoms with E-state index in [1.807, 2.05) is 0 Å². The molecule has 1 rings (SSSR count). The third-order valence-electron chi connectivity index (χ3n) is 4.39. The SMILES string of the molecule is CCCCCCCCCCCCCC(=O)C1=CC(CO)=NC(C)O1. The van der Waals surface area contributed by atoms with Crippen LogP contribution in [0, 0.1) is 0 Å². The highest BCUT2D eigenvalue weighted by Crippen LogP contribution is 2.16. The molecular formula is C20H35NO3. The Balaban J connectivity index is 2.02. The zero-order valence-electron chi connectivity index (χ0n) is 15.6. The van der Waals surface area contributed by atoms with Gasteiger partial charge in [-0.05, 0) is 13.3 Å². The Hall–Kier alpha value is -1.16. The van der Waals surface area contributed by atoms with Crippen LogP contribution in [0.3, 0.4) is 0 Å². The van der Waals surface area contributed by atoms with Crippen molar-refractivity contribution in [1.29, 1.82) is 0 Å². The van der Waals surface area contributed by atoms with Crippen LogP contribution in [0.4, 0.5) is 0 Å². The molecule has 4 nitrogen and oxygen atoms in total. The average Bonchev–Trinajstić information content (AvgIpc) is 2.58. The van der Waals surface area contributed by atoms with Crippen molar-refractivity contribution in [2.45, 2.75) is 97.1 Å². The summed E-state index contributed by atoms with van der Waals surface area (Å²) in [6.07, 6.45) is 15.7. The summed E-state index contributed by atoms with van der Waals surface area (Å²) in [7, 11) is 0. The predicted octanol–water partition coefficient (Wildman–Crippen LogP) is 4.95. The minimum atomic E-state index is -0.381. The van der Waals surface area contributed by atoms with Crippen LogP contribution in [0.1, 0.15) is 90.9 Å². The van der Waals surface area contributed by atoms with Gasteiger partial charge in [0.25, 0.3) is 0 Å². The second kappa shape index (κ2) is 13.2. The molecule has 1 N–H and O–H groups in total. The van der Waals surface area contributed by atoms with Crippen molar-refractivity contribution in [2.75, 3.05) is 6.61 Å². The number of ether oxygens (including phenoxy) is 1. The number of carbonyl (C=O) groups is 1. The van der Waals surface area contributed by atoms with Crippen LogP contribution in [0.2, 0.25) is 0 Å². The largest absolute Gasteiger partial charge is 0.465 e. The number of aliphatic imine (C=N–C) groups is 1. The molecule has 1 aliphatic rings. The summed E-state index contributed by atoms with van der Waals surface area (Å²) in [5.74, 6) is 0.382. The summed E-state index contributed by atoms with van der Waals surface area (Å²) in [6.45, 7) is 3.88. The maximum Gasteiger partial charge on any atom is 0.197 e. The van der Waals surface area contributed by atoms with Gasteiger partial charge in [0.1, 0.15) is 0 Å². The number of nitrogens with zero attached hydrogens (tertiary/aromatic N) is 1. The Bertz CT molecular complexity index is 415. The number of allylic oxidation sites excluding steroid dienone is 1. The van der Waals surface area contributed by atoms with Gasteiger partial charge < -0.3 is 9.84 Å². The first-order chi connectivity index (χ1) is 11.7. The van der Waals surface area contributed by atoms with Crippen LogP contribution in [0.5, 0.6) is 0 Å². The number of hydrogen-bond donors (Lipinski definition) is 1. The fourth-order valence-corrected chi connectivity index (χ4v) is 2.97. The number of Topliss-reactive ketones (excluding diaryl/α,β-unsaturated/α-hetero) is 1. The van der Waals surface area contributed by atoms with E-state index in [1.54, 1.807) is 13.0 Å². The minimum absolute atomic E-state index is 0.0265. The lowest BCUT2D eigenvalue weighted by atomic mass is 10.0. The Morgan fingerprint density at radius 2 is 1.58 bits per heavy atom. The fraction of sp³-hybridized carbons (Fsp3) is 0.800. The first-order valence-electron chi connectivity index (χ1n) is 9.76. The molecule has 0 amide bonds. The van der Waals surface area contributed by atoms with Gasteiger partial charge in [0, 0.05) is 12.5 Å². The number of hydrogen-bond acceptors (Lipinski definition) is 4. The van der Waals surface area contributed by atoms with Gasteiger partial charge in [-0.15, -0.1) is 0 Å². The molecule has 1 heterocycles. The lowest BCUT2D eigenvalue weighted by Gasteiger charge is -2.18. The first-order valence-corrected chi connectivity index (χ1v) is 9.76. The number of aliphatic hydroxyl groups is 1. The van der Waals surface area contributed by atoms with Crippen molar-refractivity contribution >= 4 is 11.5 Å². The van der Waals surface area contributed by atoms with E-state index in [2.05, 4.69) is 11.9 Å². The third-order valence-corrected chi connectivity index (χ3v) is 4.39. The molecule has 1 atom stereocenters. The van der Waals surface area contributed by atoms with Gasteiger partial charge in [0.05, 0.1) is 12.3 Å². The monoisotopic (exact) mass is 337 g/mol. The molecule has 0 bridgehead atoms. The summed E-state index contributed by atoms with van der Waals surface area (Å²) in [6, 6.07) is 0. The molecule has 0 radical (unpaired) electrons. The number of ketones is 1. The van der Waals surface area contributed by atoms with Crippen molar-refractivity contribution in [3.05, 3.63) is 11.8 Å². The lowest BCUT2D eigenvalue weighted by molar-refractivity contribution is -0.119. The summed E-state index contributed by atoms with van der Waals surface area (Å²) >= 11 is 0. The number of carbonyl (C=O) groups excluding carboxylic acids is 1. The van der Waals surface area contributed by atoms with Crippen LogP contribution in [0.25, 0.3) is 0 Å². The quantitative estimate of drug-likeness (QED) is 0.456. The molecule has 0 spiro atoms. The highest BCUT2D eigenvalue weighted by Gasteiger charge is 2.18. The summed E-state index contributed by atoms with van der Waals surface area (Å²) in [4.78, 5) is 16.2. The van der Waals surface area contributed by atoms with Crippen molar-refractivity contribution in [3.8, 4) is 0 Å². The van der Waals surface area contributed by atoms with Crippen LogP contribution < -0.4 is 0 Å². The second-order valence-corrected chi connectivity index (χ2v) is 6.71. The van der Waals surface area contributed by atoms with E-state index in [9.17, 15) is 4.79 Å². The van der Waals surface area contributed by atoms with Gasteiger partial charge in [0.2, 0.25) is 0 Å². The van der Waals surface area contributed by atoms with Crippen LogP contribution in [-0.2, 0) is 9.53 Å². The Kier molecular flexibility index (Phi) is 11.5. The van der Waals surface area contributed by atoms with Crippen molar-refractivity contribution < 1.29 is 14.6 Å². The number of rotatable bonds is 14. The van der Waals surface area contributed by atoms with Gasteiger partial charge in [-0.25, -0.2) is 4.99 Å². The number of aliphatic hydroxyl groups excluding tert-OH is 1. The standard InChI is InChI=1S/C20H35NO3/c1-3-4-5-6-7-8-9-10-11-12-13-14-19(23)20-15-18(16-22)21-17(2)24-20/h15,17,22H,3-14,16H2,1-2H3. The molecule has 0 aromatic carbocycles. The zero-order chi connectivity index (χ0) is 17.6. The molecule has 0 saturated carbocycles. The third kappa shape index (κ3) is 9.21. The van der Waals surface area contributed by atoms with Crippen LogP contribution in [-0.4, -0.2) is 29.4 Å². The molecular weight excluding hydrogens is 302 g/mol. The molecule has 1 unspecified atom stereocenters. The first kappa shape index (κ1) is 20.9. The van der Waals surface area contributed by atoms with E-state index in [1.165, 1.54) is 57.8 Å².